The number of Topliss-reactive ketones (excluding diaryl/α,β-unsaturated/α-hetero) is 1. The summed E-state index contributed by atoms with van der Waals surface area (Å²) in [5.41, 5.74) is 0.227. The zero-order chi connectivity index (χ0) is 12.4. The zero-order valence-electron chi connectivity index (χ0n) is 9.14. The molecule has 0 amide bonds. The number of hydrogen-bond acceptors (Lipinski definition) is 5. The van der Waals surface area contributed by atoms with Gasteiger partial charge in [-0.25, -0.2) is 0 Å². The van der Waals surface area contributed by atoms with Crippen LogP contribution in [0.1, 0.15) is 17.3 Å². The Labute approximate surface area is 97.3 Å². The summed E-state index contributed by atoms with van der Waals surface area (Å²) < 4.78 is 9.60. The SMILES string of the molecule is CCOC(=O)C1C(=O)Oc2ccccc2C1=O. The van der Waals surface area contributed by atoms with Crippen LogP contribution in [0.5, 0.6) is 5.75 Å². The van der Waals surface area contributed by atoms with Gasteiger partial charge in [0.05, 0.1) is 12.2 Å². The normalized spacial score (nSPS) is 18.3. The minimum atomic E-state index is -1.50. The van der Waals surface area contributed by atoms with Crippen molar-refractivity contribution in [2.45, 2.75) is 6.92 Å². The lowest BCUT2D eigenvalue weighted by molar-refractivity contribution is -0.154. The van der Waals surface area contributed by atoms with Gasteiger partial charge in [0.2, 0.25) is 5.92 Å². The lowest BCUT2D eigenvalue weighted by Crippen LogP contribution is -2.39. The van der Waals surface area contributed by atoms with Crippen LogP contribution in [-0.2, 0) is 14.3 Å². The molecule has 1 atom stereocenters. The lowest BCUT2D eigenvalue weighted by Gasteiger charge is -2.20. The van der Waals surface area contributed by atoms with E-state index in [1.807, 2.05) is 0 Å². The molecule has 0 radical (unpaired) electrons. The van der Waals surface area contributed by atoms with E-state index in [9.17, 15) is 14.4 Å². The average Bonchev–Trinajstić information content (AvgIpc) is 2.29. The van der Waals surface area contributed by atoms with Crippen molar-refractivity contribution in [1.82, 2.24) is 0 Å². The van der Waals surface area contributed by atoms with Gasteiger partial charge < -0.3 is 9.47 Å². The maximum absolute atomic E-state index is 11.9. The Balaban J connectivity index is 2.37. The number of rotatable bonds is 2. The van der Waals surface area contributed by atoms with Gasteiger partial charge in [-0.1, -0.05) is 12.1 Å². The molecule has 0 spiro atoms. The largest absolute Gasteiger partial charge is 0.465 e. The van der Waals surface area contributed by atoms with Crippen LogP contribution >= 0.6 is 0 Å². The molecule has 1 aromatic rings. The quantitative estimate of drug-likeness (QED) is 0.433. The highest BCUT2D eigenvalue weighted by Gasteiger charge is 2.42. The highest BCUT2D eigenvalue weighted by Crippen LogP contribution is 2.28. The van der Waals surface area contributed by atoms with Gasteiger partial charge in [-0.15, -0.1) is 0 Å². The summed E-state index contributed by atoms with van der Waals surface area (Å²) >= 11 is 0. The van der Waals surface area contributed by atoms with Crippen molar-refractivity contribution >= 4 is 17.7 Å². The molecule has 0 fully saturated rings. The highest BCUT2D eigenvalue weighted by molar-refractivity contribution is 6.23. The molecule has 0 saturated carbocycles. The molecule has 5 heteroatoms. The van der Waals surface area contributed by atoms with Crippen molar-refractivity contribution in [3.8, 4) is 5.75 Å². The first kappa shape index (κ1) is 11.3. The van der Waals surface area contributed by atoms with Gasteiger partial charge in [0.1, 0.15) is 5.75 Å². The van der Waals surface area contributed by atoms with E-state index in [1.54, 1.807) is 19.1 Å². The molecule has 0 saturated heterocycles. The van der Waals surface area contributed by atoms with E-state index in [4.69, 9.17) is 4.74 Å². The number of carbonyl (C=O) groups excluding carboxylic acids is 3. The fourth-order valence-corrected chi connectivity index (χ4v) is 1.62. The molecule has 1 unspecified atom stereocenters. The van der Waals surface area contributed by atoms with Crippen molar-refractivity contribution < 1.29 is 23.9 Å². The molecule has 5 nitrogen and oxygen atoms in total. The van der Waals surface area contributed by atoms with E-state index in [-0.39, 0.29) is 17.9 Å². The average molecular weight is 234 g/mol. The fourth-order valence-electron chi connectivity index (χ4n) is 1.62. The van der Waals surface area contributed by atoms with E-state index in [2.05, 4.69) is 4.74 Å². The predicted octanol–water partition coefficient (Wildman–Crippen LogP) is 0.968. The second-order valence-electron chi connectivity index (χ2n) is 3.47. The van der Waals surface area contributed by atoms with Gasteiger partial charge in [0.15, 0.2) is 5.78 Å². The number of para-hydroxylation sites is 1. The lowest BCUT2D eigenvalue weighted by atomic mass is 9.94. The molecule has 88 valence electrons. The molecular formula is C12H10O5. The summed E-state index contributed by atoms with van der Waals surface area (Å²) in [6.07, 6.45) is 0. The molecule has 1 heterocycles. The monoisotopic (exact) mass is 234 g/mol. The van der Waals surface area contributed by atoms with Crippen LogP contribution < -0.4 is 4.74 Å². The van der Waals surface area contributed by atoms with Gasteiger partial charge in [0, 0.05) is 0 Å². The van der Waals surface area contributed by atoms with E-state index in [0.29, 0.717) is 0 Å². The zero-order valence-corrected chi connectivity index (χ0v) is 9.14. The van der Waals surface area contributed by atoms with Gasteiger partial charge >= 0.3 is 11.9 Å². The van der Waals surface area contributed by atoms with Crippen molar-refractivity contribution in [2.24, 2.45) is 5.92 Å². The minimum absolute atomic E-state index is 0.109. The van der Waals surface area contributed by atoms with E-state index < -0.39 is 23.6 Å². The highest BCUT2D eigenvalue weighted by atomic mass is 16.6. The molecule has 1 aliphatic rings. The topological polar surface area (TPSA) is 69.7 Å². The smallest absolute Gasteiger partial charge is 0.333 e. The molecule has 2 rings (SSSR count). The summed E-state index contributed by atoms with van der Waals surface area (Å²) in [6.45, 7) is 1.71. The third kappa shape index (κ3) is 1.91. The first-order chi connectivity index (χ1) is 8.15. The molecule has 0 N–H and O–H groups in total. The molecule has 17 heavy (non-hydrogen) atoms. The van der Waals surface area contributed by atoms with Gasteiger partial charge in [-0.05, 0) is 19.1 Å². The van der Waals surface area contributed by atoms with E-state index in [0.717, 1.165) is 0 Å². The first-order valence-electron chi connectivity index (χ1n) is 5.16. The van der Waals surface area contributed by atoms with E-state index in [1.165, 1.54) is 12.1 Å². The van der Waals surface area contributed by atoms with Crippen LogP contribution in [0.3, 0.4) is 0 Å². The predicted molar refractivity (Wildman–Crippen MR) is 56.5 cm³/mol. The Morgan fingerprint density at radius 2 is 2.06 bits per heavy atom. The van der Waals surface area contributed by atoms with Crippen LogP contribution in [0.25, 0.3) is 0 Å². The van der Waals surface area contributed by atoms with Gasteiger partial charge in [-0.2, -0.15) is 0 Å². The van der Waals surface area contributed by atoms with Gasteiger partial charge in [0.25, 0.3) is 0 Å². The standard InChI is InChI=1S/C12H10O5/c1-2-16-11(14)9-10(13)7-5-3-4-6-8(7)17-12(9)15/h3-6,9H,2H2,1H3. The van der Waals surface area contributed by atoms with Crippen molar-refractivity contribution in [2.75, 3.05) is 6.61 Å². The fraction of sp³-hybridized carbons (Fsp3) is 0.250. The molecule has 0 bridgehead atoms. The number of esters is 2. The summed E-state index contributed by atoms with van der Waals surface area (Å²) in [7, 11) is 0. The first-order valence-corrected chi connectivity index (χ1v) is 5.16. The number of ketones is 1. The molecule has 1 aromatic carbocycles. The van der Waals surface area contributed by atoms with Crippen molar-refractivity contribution in [1.29, 1.82) is 0 Å². The van der Waals surface area contributed by atoms with Crippen LogP contribution in [0, 0.1) is 5.92 Å². The minimum Gasteiger partial charge on any atom is -0.465 e. The summed E-state index contributed by atoms with van der Waals surface area (Å²) in [5, 5.41) is 0. The number of ether oxygens (including phenoxy) is 2. The Morgan fingerprint density at radius 1 is 1.35 bits per heavy atom. The summed E-state index contributed by atoms with van der Waals surface area (Å²) in [4.78, 5) is 35.0. The second-order valence-corrected chi connectivity index (χ2v) is 3.47. The van der Waals surface area contributed by atoms with Gasteiger partial charge in [-0.3, -0.25) is 14.4 Å². The molecule has 0 aliphatic carbocycles. The Kier molecular flexibility index (Phi) is 2.91. The van der Waals surface area contributed by atoms with Crippen LogP contribution in [0.4, 0.5) is 0 Å². The Morgan fingerprint density at radius 3 is 2.76 bits per heavy atom. The maximum Gasteiger partial charge on any atom is 0.333 e. The maximum atomic E-state index is 11.9. The summed E-state index contributed by atoms with van der Waals surface area (Å²) in [6, 6.07) is 6.30. The van der Waals surface area contributed by atoms with Crippen molar-refractivity contribution in [3.63, 3.8) is 0 Å². The number of carbonyl (C=O) groups is 3. The third-order valence-electron chi connectivity index (χ3n) is 2.38. The van der Waals surface area contributed by atoms with E-state index >= 15 is 0 Å². The second kappa shape index (κ2) is 4.37. The summed E-state index contributed by atoms with van der Waals surface area (Å²) in [5.74, 6) is -3.63. The molecule has 1 aliphatic heterocycles. The number of fused-ring (bicyclic) bond motifs is 1. The van der Waals surface area contributed by atoms with Crippen LogP contribution in [0.15, 0.2) is 24.3 Å². The third-order valence-corrected chi connectivity index (χ3v) is 2.38. The molecular weight excluding hydrogens is 224 g/mol. The Hall–Kier alpha value is -2.17. The van der Waals surface area contributed by atoms with Crippen LogP contribution in [0.2, 0.25) is 0 Å². The van der Waals surface area contributed by atoms with Crippen molar-refractivity contribution in [3.05, 3.63) is 29.8 Å². The Bertz CT molecular complexity index is 491. The molecule has 0 aromatic heterocycles. The number of hydrogen-bond donors (Lipinski definition) is 0. The number of benzene rings is 1. The van der Waals surface area contributed by atoms with Crippen LogP contribution in [-0.4, -0.2) is 24.3 Å².